The average Bonchev–Trinajstić information content (AvgIpc) is 3.08. The maximum Gasteiger partial charge on any atom is 0.104 e. The highest BCUT2D eigenvalue weighted by Crippen LogP contribution is 2.23. The molecule has 0 radical (unpaired) electrons. The molecule has 0 fully saturated rings. The van der Waals surface area contributed by atoms with E-state index in [1.165, 1.54) is 4.88 Å². The molecule has 3 rings (SSSR count). The maximum absolute atomic E-state index is 6.21. The van der Waals surface area contributed by atoms with Crippen LogP contribution < -0.4 is 5.73 Å². The number of thiophene rings is 1. The van der Waals surface area contributed by atoms with Gasteiger partial charge < -0.3 is 5.73 Å². The zero-order chi connectivity index (χ0) is 13.2. The van der Waals surface area contributed by atoms with E-state index in [1.54, 1.807) is 22.3 Å². The van der Waals surface area contributed by atoms with E-state index >= 15 is 0 Å². The Hall–Kier alpha value is -1.98. The lowest BCUT2D eigenvalue weighted by molar-refractivity contribution is 0.720. The van der Waals surface area contributed by atoms with Crippen molar-refractivity contribution in [1.82, 2.24) is 15.0 Å². The minimum absolute atomic E-state index is 0.220. The van der Waals surface area contributed by atoms with Crippen LogP contribution in [0.1, 0.15) is 22.2 Å². The second kappa shape index (κ2) is 4.95. The quantitative estimate of drug-likeness (QED) is 0.796. The summed E-state index contributed by atoms with van der Waals surface area (Å²) in [6, 6.07) is 11.7. The molecule has 5 heteroatoms. The molecule has 1 atom stereocenters. The Labute approximate surface area is 115 Å². The minimum atomic E-state index is -0.220. The van der Waals surface area contributed by atoms with Crippen molar-refractivity contribution >= 4 is 11.3 Å². The summed E-state index contributed by atoms with van der Waals surface area (Å²) in [5.74, 6) is 0. The van der Waals surface area contributed by atoms with Crippen molar-refractivity contribution in [3.8, 4) is 5.69 Å². The Morgan fingerprint density at radius 2 is 2.05 bits per heavy atom. The third-order valence-electron chi connectivity index (χ3n) is 2.93. The second-order valence-corrected chi connectivity index (χ2v) is 5.48. The normalized spacial score (nSPS) is 12.5. The predicted molar refractivity (Wildman–Crippen MR) is 76.4 cm³/mol. The number of hydrogen-bond donors (Lipinski definition) is 1. The van der Waals surface area contributed by atoms with Gasteiger partial charge in [-0.25, -0.2) is 0 Å². The summed E-state index contributed by atoms with van der Waals surface area (Å²) in [6.45, 7) is 2.07. The molecule has 1 aromatic carbocycles. The highest BCUT2D eigenvalue weighted by atomic mass is 32.1. The van der Waals surface area contributed by atoms with Crippen LogP contribution in [0.25, 0.3) is 5.69 Å². The zero-order valence-corrected chi connectivity index (χ0v) is 11.3. The van der Waals surface area contributed by atoms with Gasteiger partial charge in [0.05, 0.1) is 17.9 Å². The molecule has 0 amide bonds. The summed E-state index contributed by atoms with van der Waals surface area (Å²) in [5, 5.41) is 10.8. The van der Waals surface area contributed by atoms with Gasteiger partial charge in [0.15, 0.2) is 0 Å². The van der Waals surface area contributed by atoms with Gasteiger partial charge in [-0.1, -0.05) is 18.2 Å². The molecule has 4 nitrogen and oxygen atoms in total. The number of hydrogen-bond acceptors (Lipinski definition) is 4. The van der Waals surface area contributed by atoms with Gasteiger partial charge >= 0.3 is 0 Å². The van der Waals surface area contributed by atoms with Crippen LogP contribution in [0.5, 0.6) is 0 Å². The first-order valence-electron chi connectivity index (χ1n) is 6.02. The van der Waals surface area contributed by atoms with Gasteiger partial charge in [0, 0.05) is 4.88 Å². The van der Waals surface area contributed by atoms with Crippen molar-refractivity contribution in [2.24, 2.45) is 5.73 Å². The number of nitrogens with two attached hydrogens (primary N) is 1. The fourth-order valence-corrected chi connectivity index (χ4v) is 2.64. The van der Waals surface area contributed by atoms with Crippen LogP contribution in [0.15, 0.2) is 48.0 Å². The van der Waals surface area contributed by atoms with E-state index in [2.05, 4.69) is 28.6 Å². The van der Waals surface area contributed by atoms with Crippen LogP contribution in [0.4, 0.5) is 0 Å². The van der Waals surface area contributed by atoms with Crippen molar-refractivity contribution in [3.05, 3.63) is 64.1 Å². The van der Waals surface area contributed by atoms with Gasteiger partial charge in [0.25, 0.3) is 0 Å². The molecule has 2 aromatic heterocycles. The number of para-hydroxylation sites is 1. The maximum atomic E-state index is 6.21. The fraction of sp³-hybridized carbons (Fsp3) is 0.143. The van der Waals surface area contributed by atoms with Crippen molar-refractivity contribution in [1.29, 1.82) is 0 Å². The molecule has 2 N–H and O–H groups in total. The second-order valence-electron chi connectivity index (χ2n) is 4.36. The van der Waals surface area contributed by atoms with Crippen molar-refractivity contribution < 1.29 is 0 Å². The van der Waals surface area contributed by atoms with Crippen molar-refractivity contribution in [2.75, 3.05) is 0 Å². The highest BCUT2D eigenvalue weighted by molar-refractivity contribution is 7.10. The summed E-state index contributed by atoms with van der Waals surface area (Å²) < 4.78 is 0. The average molecular weight is 270 g/mol. The Bertz CT molecular complexity index is 672. The number of benzene rings is 1. The lowest BCUT2D eigenvalue weighted by Gasteiger charge is -2.05. The van der Waals surface area contributed by atoms with Gasteiger partial charge in [-0.05, 0) is 36.1 Å². The Kier molecular flexibility index (Phi) is 3.15. The van der Waals surface area contributed by atoms with Crippen molar-refractivity contribution in [2.45, 2.75) is 13.0 Å². The van der Waals surface area contributed by atoms with Crippen LogP contribution in [0.2, 0.25) is 0 Å². The van der Waals surface area contributed by atoms with E-state index < -0.39 is 0 Å². The molecule has 0 saturated heterocycles. The van der Waals surface area contributed by atoms with Gasteiger partial charge in [0.1, 0.15) is 5.69 Å². The molecular formula is C14H14N4S. The number of aromatic nitrogens is 3. The smallest absolute Gasteiger partial charge is 0.104 e. The van der Waals surface area contributed by atoms with Crippen LogP contribution in [0, 0.1) is 6.92 Å². The lowest BCUT2D eigenvalue weighted by Crippen LogP contribution is -2.12. The molecule has 19 heavy (non-hydrogen) atoms. The van der Waals surface area contributed by atoms with Gasteiger partial charge in [0.2, 0.25) is 0 Å². The monoisotopic (exact) mass is 270 g/mol. The molecule has 0 bridgehead atoms. The van der Waals surface area contributed by atoms with E-state index in [4.69, 9.17) is 5.73 Å². The summed E-state index contributed by atoms with van der Waals surface area (Å²) in [6.07, 6.45) is 1.73. The molecule has 2 heterocycles. The minimum Gasteiger partial charge on any atom is -0.319 e. The standard InChI is InChI=1S/C14H14N4S/c1-10-7-11(9-19-10)14(15)13-8-16-18(17-13)12-5-3-2-4-6-12/h2-9,14H,15H2,1H3. The number of nitrogens with zero attached hydrogens (tertiary/aromatic N) is 3. The summed E-state index contributed by atoms with van der Waals surface area (Å²) in [4.78, 5) is 2.86. The summed E-state index contributed by atoms with van der Waals surface area (Å²) >= 11 is 1.70. The summed E-state index contributed by atoms with van der Waals surface area (Å²) in [5.41, 5.74) is 9.01. The van der Waals surface area contributed by atoms with E-state index in [1.807, 2.05) is 30.3 Å². The number of rotatable bonds is 3. The SMILES string of the molecule is Cc1cc(C(N)c2cnn(-c3ccccc3)n2)cs1. The lowest BCUT2D eigenvalue weighted by atomic mass is 10.1. The van der Waals surface area contributed by atoms with E-state index in [-0.39, 0.29) is 6.04 Å². The third kappa shape index (κ3) is 2.43. The molecule has 3 aromatic rings. The molecule has 0 aliphatic rings. The largest absolute Gasteiger partial charge is 0.319 e. The zero-order valence-electron chi connectivity index (χ0n) is 10.5. The molecule has 96 valence electrons. The molecule has 0 saturated carbocycles. The van der Waals surface area contributed by atoms with E-state index in [9.17, 15) is 0 Å². The van der Waals surface area contributed by atoms with Crippen LogP contribution in [-0.2, 0) is 0 Å². The Morgan fingerprint density at radius 3 is 2.74 bits per heavy atom. The first-order chi connectivity index (χ1) is 9.24. The Balaban J connectivity index is 1.89. The van der Waals surface area contributed by atoms with E-state index in [0.717, 1.165) is 16.9 Å². The molecule has 0 spiro atoms. The highest BCUT2D eigenvalue weighted by Gasteiger charge is 2.14. The van der Waals surface area contributed by atoms with Gasteiger partial charge in [-0.3, -0.25) is 0 Å². The predicted octanol–water partition coefficient (Wildman–Crippen LogP) is 2.69. The Morgan fingerprint density at radius 1 is 1.26 bits per heavy atom. The molecule has 0 aliphatic heterocycles. The topological polar surface area (TPSA) is 56.7 Å². The first-order valence-corrected chi connectivity index (χ1v) is 6.90. The molecular weight excluding hydrogens is 256 g/mol. The van der Waals surface area contributed by atoms with E-state index in [0.29, 0.717) is 0 Å². The van der Waals surface area contributed by atoms with Gasteiger partial charge in [-0.2, -0.15) is 15.0 Å². The van der Waals surface area contributed by atoms with Gasteiger partial charge in [-0.15, -0.1) is 11.3 Å². The van der Waals surface area contributed by atoms with Crippen LogP contribution in [-0.4, -0.2) is 15.0 Å². The van der Waals surface area contributed by atoms with Crippen molar-refractivity contribution in [3.63, 3.8) is 0 Å². The molecule has 0 aliphatic carbocycles. The summed E-state index contributed by atoms with van der Waals surface area (Å²) in [7, 11) is 0. The first kappa shape index (κ1) is 12.1. The van der Waals surface area contributed by atoms with Crippen LogP contribution >= 0.6 is 11.3 Å². The molecule has 1 unspecified atom stereocenters. The fourth-order valence-electron chi connectivity index (χ4n) is 1.90. The third-order valence-corrected chi connectivity index (χ3v) is 3.80. The van der Waals surface area contributed by atoms with Crippen LogP contribution in [0.3, 0.4) is 0 Å². The number of aryl methyl sites for hydroxylation is 1.